The third kappa shape index (κ3) is 3.08. The van der Waals surface area contributed by atoms with Gasteiger partial charge in [-0.15, -0.1) is 0 Å². The second-order valence-electron chi connectivity index (χ2n) is 6.17. The normalized spacial score (nSPS) is 21.6. The molecule has 1 aromatic rings. The average molecular weight is 301 g/mol. The predicted octanol–water partition coefficient (Wildman–Crippen LogP) is 1.73. The van der Waals surface area contributed by atoms with E-state index in [-0.39, 0.29) is 11.9 Å². The molecule has 0 aromatic heterocycles. The fraction of sp³-hybridized carbons (Fsp3) is 0.529. The summed E-state index contributed by atoms with van der Waals surface area (Å²) in [6.07, 6.45) is 3.54. The lowest BCUT2D eigenvalue weighted by Crippen LogP contribution is -2.51. The summed E-state index contributed by atoms with van der Waals surface area (Å²) in [6.45, 7) is 4.12. The Morgan fingerprint density at radius 2 is 2.23 bits per heavy atom. The SMILES string of the molecule is Cc1cccc2c1CN(C(=O)NC1CCCCNC1=O)CC2. The second-order valence-corrected chi connectivity index (χ2v) is 6.17. The maximum absolute atomic E-state index is 12.5. The molecule has 2 aliphatic heterocycles. The minimum absolute atomic E-state index is 0.0561. The number of aryl methyl sites for hydroxylation is 1. The number of benzene rings is 1. The second kappa shape index (κ2) is 6.38. The van der Waals surface area contributed by atoms with Gasteiger partial charge in [0.25, 0.3) is 0 Å². The largest absolute Gasteiger partial charge is 0.354 e. The summed E-state index contributed by atoms with van der Waals surface area (Å²) in [7, 11) is 0. The van der Waals surface area contributed by atoms with Crippen molar-refractivity contribution < 1.29 is 9.59 Å². The van der Waals surface area contributed by atoms with Crippen LogP contribution in [0.3, 0.4) is 0 Å². The molecule has 2 heterocycles. The number of urea groups is 1. The van der Waals surface area contributed by atoms with E-state index >= 15 is 0 Å². The molecule has 1 aromatic carbocycles. The first-order valence-corrected chi connectivity index (χ1v) is 8.05. The van der Waals surface area contributed by atoms with E-state index in [0.717, 1.165) is 25.7 Å². The van der Waals surface area contributed by atoms with Gasteiger partial charge >= 0.3 is 6.03 Å². The summed E-state index contributed by atoms with van der Waals surface area (Å²) < 4.78 is 0. The van der Waals surface area contributed by atoms with Crippen molar-refractivity contribution in [2.24, 2.45) is 0 Å². The standard InChI is InChI=1S/C17H23N3O2/c1-12-5-4-6-13-8-10-20(11-14(12)13)17(22)19-15-7-2-3-9-18-16(15)21/h4-6,15H,2-3,7-11H2,1H3,(H,18,21)(H,19,22). The Balaban J connectivity index is 1.66. The van der Waals surface area contributed by atoms with Gasteiger partial charge in [0.15, 0.2) is 0 Å². The highest BCUT2D eigenvalue weighted by Crippen LogP contribution is 2.22. The molecule has 0 spiro atoms. The van der Waals surface area contributed by atoms with Crippen LogP contribution in [0.2, 0.25) is 0 Å². The number of fused-ring (bicyclic) bond motifs is 1. The van der Waals surface area contributed by atoms with Gasteiger partial charge in [0.1, 0.15) is 6.04 Å². The molecule has 1 atom stereocenters. The van der Waals surface area contributed by atoms with Gasteiger partial charge in [-0.25, -0.2) is 4.79 Å². The third-order valence-electron chi connectivity index (χ3n) is 4.63. The molecule has 2 aliphatic rings. The van der Waals surface area contributed by atoms with Crippen LogP contribution in [0.25, 0.3) is 0 Å². The summed E-state index contributed by atoms with van der Waals surface area (Å²) in [6, 6.07) is 5.76. The number of nitrogens with one attached hydrogen (secondary N) is 2. The van der Waals surface area contributed by atoms with Gasteiger partial charge in [-0.05, 0) is 49.3 Å². The highest BCUT2D eigenvalue weighted by molar-refractivity contribution is 5.87. The van der Waals surface area contributed by atoms with Crippen LogP contribution < -0.4 is 10.6 Å². The van der Waals surface area contributed by atoms with Gasteiger partial charge in [0.05, 0.1) is 0 Å². The summed E-state index contributed by atoms with van der Waals surface area (Å²) in [5, 5.41) is 5.76. The topological polar surface area (TPSA) is 61.4 Å². The predicted molar refractivity (Wildman–Crippen MR) is 84.5 cm³/mol. The number of amides is 3. The van der Waals surface area contributed by atoms with Gasteiger partial charge in [0.2, 0.25) is 5.91 Å². The van der Waals surface area contributed by atoms with Crippen molar-refractivity contribution in [2.45, 2.75) is 45.2 Å². The molecule has 3 amide bonds. The molecule has 3 rings (SSSR count). The van der Waals surface area contributed by atoms with E-state index in [0.29, 0.717) is 19.6 Å². The van der Waals surface area contributed by atoms with Crippen molar-refractivity contribution in [3.8, 4) is 0 Å². The van der Waals surface area contributed by atoms with E-state index in [2.05, 4.69) is 35.8 Å². The Labute approximate surface area is 131 Å². The van der Waals surface area contributed by atoms with Crippen LogP contribution >= 0.6 is 0 Å². The highest BCUT2D eigenvalue weighted by Gasteiger charge is 2.27. The summed E-state index contributed by atoms with van der Waals surface area (Å²) in [5.41, 5.74) is 3.80. The summed E-state index contributed by atoms with van der Waals surface area (Å²) in [4.78, 5) is 26.2. The Bertz CT molecular complexity index is 585. The van der Waals surface area contributed by atoms with Gasteiger partial charge in [0, 0.05) is 19.6 Å². The first-order valence-electron chi connectivity index (χ1n) is 8.05. The fourth-order valence-electron chi connectivity index (χ4n) is 3.24. The quantitative estimate of drug-likeness (QED) is 0.830. The Morgan fingerprint density at radius 3 is 3.09 bits per heavy atom. The van der Waals surface area contributed by atoms with Crippen LogP contribution in [0.5, 0.6) is 0 Å². The summed E-state index contributed by atoms with van der Waals surface area (Å²) >= 11 is 0. The van der Waals surface area contributed by atoms with E-state index in [1.54, 1.807) is 0 Å². The third-order valence-corrected chi connectivity index (χ3v) is 4.63. The van der Waals surface area contributed by atoms with Crippen LogP contribution in [-0.2, 0) is 17.8 Å². The van der Waals surface area contributed by atoms with Crippen LogP contribution in [0.4, 0.5) is 4.79 Å². The van der Waals surface area contributed by atoms with Gasteiger partial charge < -0.3 is 15.5 Å². The number of hydrogen-bond acceptors (Lipinski definition) is 2. The van der Waals surface area contributed by atoms with Crippen molar-refractivity contribution in [3.05, 3.63) is 34.9 Å². The van der Waals surface area contributed by atoms with E-state index < -0.39 is 6.04 Å². The minimum Gasteiger partial charge on any atom is -0.354 e. The number of carbonyl (C=O) groups excluding carboxylic acids is 2. The monoisotopic (exact) mass is 301 g/mol. The molecule has 0 saturated carbocycles. The zero-order chi connectivity index (χ0) is 15.5. The maximum Gasteiger partial charge on any atom is 0.318 e. The van der Waals surface area contributed by atoms with E-state index in [9.17, 15) is 9.59 Å². The van der Waals surface area contributed by atoms with Gasteiger partial charge in [-0.2, -0.15) is 0 Å². The first kappa shape index (κ1) is 14.9. The highest BCUT2D eigenvalue weighted by atomic mass is 16.2. The fourth-order valence-corrected chi connectivity index (χ4v) is 3.24. The molecule has 1 saturated heterocycles. The molecule has 5 heteroatoms. The Kier molecular flexibility index (Phi) is 4.32. The lowest BCUT2D eigenvalue weighted by atomic mass is 9.96. The molecule has 22 heavy (non-hydrogen) atoms. The Morgan fingerprint density at radius 1 is 1.36 bits per heavy atom. The Hall–Kier alpha value is -2.04. The van der Waals surface area contributed by atoms with Crippen LogP contribution in [0.15, 0.2) is 18.2 Å². The molecule has 118 valence electrons. The van der Waals surface area contributed by atoms with E-state index in [4.69, 9.17) is 0 Å². The van der Waals surface area contributed by atoms with Crippen molar-refractivity contribution in [2.75, 3.05) is 13.1 Å². The van der Waals surface area contributed by atoms with Gasteiger partial charge in [-0.3, -0.25) is 4.79 Å². The smallest absolute Gasteiger partial charge is 0.318 e. The number of rotatable bonds is 1. The molecular formula is C17H23N3O2. The number of carbonyl (C=O) groups is 2. The zero-order valence-electron chi connectivity index (χ0n) is 13.0. The molecular weight excluding hydrogens is 278 g/mol. The number of nitrogens with zero attached hydrogens (tertiary/aromatic N) is 1. The minimum atomic E-state index is -0.395. The molecule has 1 fully saturated rings. The maximum atomic E-state index is 12.5. The van der Waals surface area contributed by atoms with E-state index in [1.165, 1.54) is 16.7 Å². The van der Waals surface area contributed by atoms with Crippen LogP contribution in [0, 0.1) is 6.92 Å². The zero-order valence-corrected chi connectivity index (χ0v) is 13.0. The van der Waals surface area contributed by atoms with E-state index in [1.807, 2.05) is 4.90 Å². The van der Waals surface area contributed by atoms with Crippen LogP contribution in [-0.4, -0.2) is 36.0 Å². The van der Waals surface area contributed by atoms with Crippen LogP contribution in [0.1, 0.15) is 36.0 Å². The molecule has 0 aliphatic carbocycles. The molecule has 1 unspecified atom stereocenters. The van der Waals surface area contributed by atoms with Crippen molar-refractivity contribution in [1.29, 1.82) is 0 Å². The van der Waals surface area contributed by atoms with Crippen molar-refractivity contribution >= 4 is 11.9 Å². The average Bonchev–Trinajstić information content (AvgIpc) is 2.72. The molecule has 5 nitrogen and oxygen atoms in total. The lowest BCUT2D eigenvalue weighted by Gasteiger charge is -2.31. The van der Waals surface area contributed by atoms with Crippen molar-refractivity contribution in [3.63, 3.8) is 0 Å². The van der Waals surface area contributed by atoms with Crippen molar-refractivity contribution in [1.82, 2.24) is 15.5 Å². The molecule has 0 bridgehead atoms. The lowest BCUT2D eigenvalue weighted by molar-refractivity contribution is -0.122. The number of hydrogen-bond donors (Lipinski definition) is 2. The molecule has 0 radical (unpaired) electrons. The summed E-state index contributed by atoms with van der Waals surface area (Å²) in [5.74, 6) is -0.0561. The first-order chi connectivity index (χ1) is 10.6. The molecule has 2 N–H and O–H groups in total. The van der Waals surface area contributed by atoms with Gasteiger partial charge in [-0.1, -0.05) is 18.2 Å².